The molecule has 0 spiro atoms. The van der Waals surface area contributed by atoms with E-state index in [-0.39, 0.29) is 0 Å². The molecule has 0 radical (unpaired) electrons. The van der Waals surface area contributed by atoms with Gasteiger partial charge < -0.3 is 0 Å². The van der Waals surface area contributed by atoms with Crippen molar-refractivity contribution in [3.05, 3.63) is 77.9 Å². The van der Waals surface area contributed by atoms with Gasteiger partial charge >= 0.3 is 0 Å². The molecule has 0 fully saturated rings. The molecular formula is C23H18S. The van der Waals surface area contributed by atoms with Crippen LogP contribution < -0.4 is 0 Å². The molecule has 4 aromatic carbocycles. The largest absolute Gasteiger partial charge is 0.129 e. The summed E-state index contributed by atoms with van der Waals surface area (Å²) in [5, 5.41) is 5.46. The maximum atomic E-state index is 2.43. The van der Waals surface area contributed by atoms with Gasteiger partial charge in [0.1, 0.15) is 0 Å². The van der Waals surface area contributed by atoms with Gasteiger partial charge in [0.15, 0.2) is 0 Å². The van der Waals surface area contributed by atoms with E-state index in [0.717, 1.165) is 12.8 Å². The van der Waals surface area contributed by atoms with Gasteiger partial charge in [-0.2, -0.15) is 0 Å². The zero-order chi connectivity index (χ0) is 16.1. The van der Waals surface area contributed by atoms with Crippen LogP contribution in [0.2, 0.25) is 0 Å². The van der Waals surface area contributed by atoms with Crippen molar-refractivity contribution in [3.63, 3.8) is 0 Å². The minimum atomic E-state index is 1.14. The van der Waals surface area contributed by atoms with E-state index < -0.39 is 0 Å². The van der Waals surface area contributed by atoms with Gasteiger partial charge in [-0.15, -0.1) is 11.8 Å². The summed E-state index contributed by atoms with van der Waals surface area (Å²) in [7, 11) is 0. The number of hydrogen-bond donors (Lipinski definition) is 0. The van der Waals surface area contributed by atoms with E-state index in [4.69, 9.17) is 0 Å². The molecule has 1 aliphatic rings. The molecule has 24 heavy (non-hydrogen) atoms. The van der Waals surface area contributed by atoms with Crippen molar-refractivity contribution < 1.29 is 0 Å². The van der Waals surface area contributed by atoms with Gasteiger partial charge in [-0.1, -0.05) is 54.6 Å². The molecule has 1 heteroatoms. The Kier molecular flexibility index (Phi) is 3.17. The summed E-state index contributed by atoms with van der Waals surface area (Å²) < 4.78 is 0. The first-order valence-corrected chi connectivity index (χ1v) is 9.68. The minimum absolute atomic E-state index is 1.14. The lowest BCUT2D eigenvalue weighted by Crippen LogP contribution is -2.03. The number of rotatable bonds is 1. The van der Waals surface area contributed by atoms with Crippen molar-refractivity contribution in [2.24, 2.45) is 0 Å². The van der Waals surface area contributed by atoms with Gasteiger partial charge in [-0.05, 0) is 75.0 Å². The third-order valence-corrected chi connectivity index (χ3v) is 6.05. The number of thioether (sulfide) groups is 1. The summed E-state index contributed by atoms with van der Waals surface area (Å²) in [6.45, 7) is 0. The molecule has 0 saturated carbocycles. The second-order valence-electron chi connectivity index (χ2n) is 6.51. The lowest BCUT2D eigenvalue weighted by Gasteiger charge is -2.21. The molecule has 0 N–H and O–H groups in total. The van der Waals surface area contributed by atoms with Crippen LogP contribution in [0.25, 0.3) is 32.7 Å². The lowest BCUT2D eigenvalue weighted by atomic mass is 9.83. The zero-order valence-electron chi connectivity index (χ0n) is 13.7. The Morgan fingerprint density at radius 2 is 1.54 bits per heavy atom. The standard InChI is InChI=1S/C23H18S/c1-24-23-8-4-7-19-20(23)12-11-17-13-16-10-9-15-5-2-3-6-18(15)21(16)14-22(17)19/h2-8,11-14H,9-10H2,1H3. The highest BCUT2D eigenvalue weighted by Crippen LogP contribution is 2.39. The van der Waals surface area contributed by atoms with Gasteiger partial charge in [0.05, 0.1) is 0 Å². The van der Waals surface area contributed by atoms with Crippen molar-refractivity contribution >= 4 is 33.3 Å². The van der Waals surface area contributed by atoms with E-state index in [1.165, 1.54) is 48.7 Å². The van der Waals surface area contributed by atoms with E-state index in [1.54, 1.807) is 0 Å². The summed E-state index contributed by atoms with van der Waals surface area (Å²) >= 11 is 1.82. The Bertz CT molecular complexity index is 1090. The summed E-state index contributed by atoms with van der Waals surface area (Å²) in [6, 6.07) is 24.9. The summed E-state index contributed by atoms with van der Waals surface area (Å²) in [4.78, 5) is 1.35. The minimum Gasteiger partial charge on any atom is -0.129 e. The maximum absolute atomic E-state index is 2.43. The topological polar surface area (TPSA) is 0 Å². The maximum Gasteiger partial charge on any atom is 0.0148 e. The van der Waals surface area contributed by atoms with Gasteiger partial charge in [0.25, 0.3) is 0 Å². The van der Waals surface area contributed by atoms with Crippen LogP contribution in [0, 0.1) is 0 Å². The molecule has 0 heterocycles. The number of fused-ring (bicyclic) bond motifs is 6. The highest BCUT2D eigenvalue weighted by molar-refractivity contribution is 7.98. The van der Waals surface area contributed by atoms with Gasteiger partial charge in [0, 0.05) is 4.90 Å². The van der Waals surface area contributed by atoms with Gasteiger partial charge in [0.2, 0.25) is 0 Å². The molecule has 0 bridgehead atoms. The quantitative estimate of drug-likeness (QED) is 0.285. The van der Waals surface area contributed by atoms with Gasteiger partial charge in [-0.25, -0.2) is 0 Å². The fourth-order valence-electron chi connectivity index (χ4n) is 4.06. The fraction of sp³-hybridized carbons (Fsp3) is 0.130. The van der Waals surface area contributed by atoms with E-state index in [2.05, 4.69) is 73.0 Å². The molecule has 116 valence electrons. The lowest BCUT2D eigenvalue weighted by molar-refractivity contribution is 0.944. The average molecular weight is 326 g/mol. The second kappa shape index (κ2) is 5.39. The van der Waals surface area contributed by atoms with Crippen LogP contribution in [-0.4, -0.2) is 6.26 Å². The first-order valence-electron chi connectivity index (χ1n) is 8.46. The molecule has 1 aliphatic carbocycles. The predicted molar refractivity (Wildman–Crippen MR) is 106 cm³/mol. The van der Waals surface area contributed by atoms with Crippen LogP contribution in [-0.2, 0) is 12.8 Å². The van der Waals surface area contributed by atoms with Crippen LogP contribution in [0.5, 0.6) is 0 Å². The molecule has 0 amide bonds. The first kappa shape index (κ1) is 14.1. The second-order valence-corrected chi connectivity index (χ2v) is 7.36. The Morgan fingerprint density at radius 1 is 0.667 bits per heavy atom. The molecule has 5 rings (SSSR count). The normalized spacial score (nSPS) is 13.0. The molecule has 0 saturated heterocycles. The van der Waals surface area contributed by atoms with Crippen molar-refractivity contribution in [1.29, 1.82) is 0 Å². The SMILES string of the molecule is CSc1cccc2c1ccc1cc3c(cc12)-c1ccccc1CC3. The molecule has 4 aromatic rings. The van der Waals surface area contributed by atoms with Crippen molar-refractivity contribution in [2.75, 3.05) is 6.26 Å². The van der Waals surface area contributed by atoms with Crippen LogP contribution in [0.1, 0.15) is 11.1 Å². The molecule has 0 aromatic heterocycles. The number of aryl methyl sites for hydroxylation is 2. The highest BCUT2D eigenvalue weighted by atomic mass is 32.2. The van der Waals surface area contributed by atoms with Crippen LogP contribution in [0.4, 0.5) is 0 Å². The van der Waals surface area contributed by atoms with Crippen molar-refractivity contribution in [3.8, 4) is 11.1 Å². The van der Waals surface area contributed by atoms with Crippen molar-refractivity contribution in [1.82, 2.24) is 0 Å². The Morgan fingerprint density at radius 3 is 2.46 bits per heavy atom. The molecule has 0 aliphatic heterocycles. The van der Waals surface area contributed by atoms with Crippen LogP contribution in [0.15, 0.2) is 71.6 Å². The predicted octanol–water partition coefficient (Wildman–Crippen LogP) is 6.48. The third kappa shape index (κ3) is 2.01. The highest BCUT2D eigenvalue weighted by Gasteiger charge is 2.17. The molecule has 0 nitrogen and oxygen atoms in total. The Hall–Kier alpha value is -2.25. The molecular weight excluding hydrogens is 308 g/mol. The third-order valence-electron chi connectivity index (χ3n) is 5.25. The summed E-state index contributed by atoms with van der Waals surface area (Å²) in [5.41, 5.74) is 5.81. The van der Waals surface area contributed by atoms with Crippen molar-refractivity contribution in [2.45, 2.75) is 17.7 Å². The zero-order valence-corrected chi connectivity index (χ0v) is 14.5. The fourth-order valence-corrected chi connectivity index (χ4v) is 4.68. The monoisotopic (exact) mass is 326 g/mol. The van der Waals surface area contributed by atoms with Crippen LogP contribution >= 0.6 is 11.8 Å². The van der Waals surface area contributed by atoms with E-state index in [1.807, 2.05) is 11.8 Å². The smallest absolute Gasteiger partial charge is 0.0148 e. The summed E-state index contributed by atoms with van der Waals surface area (Å²) in [6.07, 6.45) is 4.45. The van der Waals surface area contributed by atoms with Gasteiger partial charge in [-0.3, -0.25) is 0 Å². The van der Waals surface area contributed by atoms with E-state index in [9.17, 15) is 0 Å². The number of benzene rings is 4. The first-order chi connectivity index (χ1) is 11.8. The molecule has 0 atom stereocenters. The number of hydrogen-bond acceptors (Lipinski definition) is 1. The van der Waals surface area contributed by atoms with E-state index in [0.29, 0.717) is 0 Å². The Labute approximate surface area is 146 Å². The average Bonchev–Trinajstić information content (AvgIpc) is 2.65. The Balaban J connectivity index is 1.88. The summed E-state index contributed by atoms with van der Waals surface area (Å²) in [5.74, 6) is 0. The van der Waals surface area contributed by atoms with Crippen LogP contribution in [0.3, 0.4) is 0 Å². The molecule has 0 unspecified atom stereocenters. The van der Waals surface area contributed by atoms with E-state index >= 15 is 0 Å².